The monoisotopic (exact) mass is 433 g/mol. The van der Waals surface area contributed by atoms with E-state index in [1.807, 2.05) is 13.0 Å². The van der Waals surface area contributed by atoms with Crippen molar-refractivity contribution >= 4 is 29.4 Å². The zero-order valence-corrected chi connectivity index (χ0v) is 17.7. The van der Waals surface area contributed by atoms with Gasteiger partial charge in [-0.1, -0.05) is 23.9 Å². The molecule has 1 aromatic carbocycles. The van der Waals surface area contributed by atoms with Crippen molar-refractivity contribution in [2.24, 2.45) is 0 Å². The van der Waals surface area contributed by atoms with E-state index < -0.39 is 5.76 Å². The second-order valence-corrected chi connectivity index (χ2v) is 8.55. The van der Waals surface area contributed by atoms with Gasteiger partial charge in [0.2, 0.25) is 5.95 Å². The fraction of sp³-hybridized carbons (Fsp3) is 0.476. The number of rotatable bonds is 5. The lowest BCUT2D eigenvalue weighted by atomic mass is 10.2. The maximum Gasteiger partial charge on any atom is 0.288 e. The minimum Gasteiger partial charge on any atom is -0.353 e. The van der Waals surface area contributed by atoms with Crippen LogP contribution in [0.3, 0.4) is 0 Å². The van der Waals surface area contributed by atoms with E-state index in [9.17, 15) is 13.6 Å². The normalized spacial score (nSPS) is 17.1. The highest BCUT2D eigenvalue weighted by Gasteiger charge is 2.26. The molecular weight excluding hydrogens is 408 g/mol. The molecule has 0 unspecified atom stereocenters. The lowest BCUT2D eigenvalue weighted by Gasteiger charge is -2.36. The number of piperazine rings is 1. The van der Waals surface area contributed by atoms with E-state index in [1.54, 1.807) is 29.2 Å². The fourth-order valence-corrected chi connectivity index (χ4v) is 4.54. The molecule has 4 rings (SSSR count). The van der Waals surface area contributed by atoms with Crippen molar-refractivity contribution in [3.8, 4) is 0 Å². The zero-order valence-electron chi connectivity index (χ0n) is 16.9. The molecule has 3 heterocycles. The topological polar surface area (TPSA) is 52.6 Å². The lowest BCUT2D eigenvalue weighted by Crippen LogP contribution is -2.49. The quantitative estimate of drug-likeness (QED) is 0.671. The molecule has 2 saturated heterocycles. The first kappa shape index (κ1) is 20.8. The Morgan fingerprint density at radius 2 is 1.70 bits per heavy atom. The summed E-state index contributed by atoms with van der Waals surface area (Å²) in [7, 11) is 0. The van der Waals surface area contributed by atoms with Crippen molar-refractivity contribution in [2.75, 3.05) is 49.1 Å². The number of anilines is 2. The van der Waals surface area contributed by atoms with Crippen LogP contribution in [0.4, 0.5) is 20.5 Å². The lowest BCUT2D eigenvalue weighted by molar-refractivity contribution is 0.0743. The number of aromatic nitrogens is 2. The number of hydrogen-bond acceptors (Lipinski definition) is 6. The average molecular weight is 434 g/mol. The first-order chi connectivity index (χ1) is 14.5. The van der Waals surface area contributed by atoms with E-state index in [4.69, 9.17) is 4.98 Å². The Balaban J connectivity index is 1.44. The van der Waals surface area contributed by atoms with Gasteiger partial charge in [0.25, 0.3) is 11.7 Å². The highest BCUT2D eigenvalue weighted by Crippen LogP contribution is 2.29. The van der Waals surface area contributed by atoms with E-state index in [1.165, 1.54) is 12.8 Å². The Bertz CT molecular complexity index is 899. The van der Waals surface area contributed by atoms with Gasteiger partial charge in [0, 0.05) is 55.9 Å². The number of carbonyl (C=O) groups excluding carboxylic acids is 1. The summed E-state index contributed by atoms with van der Waals surface area (Å²) in [5.41, 5.74) is 1.27. The van der Waals surface area contributed by atoms with Crippen LogP contribution in [0.1, 0.15) is 28.9 Å². The molecule has 6 nitrogen and oxygen atoms in total. The average Bonchev–Trinajstić information content (AvgIpc) is 3.28. The number of thioether (sulfide) groups is 1. The van der Waals surface area contributed by atoms with Crippen LogP contribution in [0.15, 0.2) is 35.2 Å². The predicted octanol–water partition coefficient (Wildman–Crippen LogP) is 3.66. The van der Waals surface area contributed by atoms with Crippen molar-refractivity contribution in [1.29, 1.82) is 0 Å². The van der Waals surface area contributed by atoms with Crippen molar-refractivity contribution in [2.45, 2.75) is 30.4 Å². The molecule has 0 atom stereocenters. The molecule has 9 heteroatoms. The number of carbonyl (C=O) groups is 1. The third-order valence-corrected chi connectivity index (χ3v) is 6.23. The maximum atomic E-state index is 12.9. The third-order valence-electron chi connectivity index (χ3n) is 5.44. The number of benzene rings is 1. The number of alkyl halides is 2. The molecule has 160 valence electrons. The maximum absolute atomic E-state index is 12.9. The Labute approximate surface area is 179 Å². The van der Waals surface area contributed by atoms with Crippen LogP contribution in [0.5, 0.6) is 0 Å². The minimum atomic E-state index is -2.55. The first-order valence-electron chi connectivity index (χ1n) is 10.2. The van der Waals surface area contributed by atoms with Gasteiger partial charge in [-0.2, -0.15) is 13.8 Å². The Morgan fingerprint density at radius 3 is 2.40 bits per heavy atom. The van der Waals surface area contributed by atoms with Crippen molar-refractivity contribution in [3.05, 3.63) is 41.6 Å². The van der Waals surface area contributed by atoms with Crippen molar-refractivity contribution in [1.82, 2.24) is 14.9 Å². The predicted molar refractivity (Wildman–Crippen MR) is 115 cm³/mol. The minimum absolute atomic E-state index is 0.199. The molecule has 2 fully saturated rings. The summed E-state index contributed by atoms with van der Waals surface area (Å²) in [6, 6.07) is 8.56. The molecule has 2 aliphatic heterocycles. The van der Waals surface area contributed by atoms with Gasteiger partial charge in [-0.05, 0) is 31.9 Å². The van der Waals surface area contributed by atoms with Gasteiger partial charge >= 0.3 is 0 Å². The Morgan fingerprint density at radius 1 is 1.00 bits per heavy atom. The van der Waals surface area contributed by atoms with Crippen molar-refractivity contribution < 1.29 is 13.6 Å². The van der Waals surface area contributed by atoms with Gasteiger partial charge in [-0.15, -0.1) is 0 Å². The van der Waals surface area contributed by atoms with E-state index in [0.717, 1.165) is 30.5 Å². The molecule has 0 saturated carbocycles. The standard InChI is InChI=1S/C21H25F2N5OS/c1-15-14-18(25-21(24-15)28-8-4-5-9-28)26-10-12-27(13-11-26)19(29)16-6-2-3-7-17(16)30-20(22)23/h2-3,6-7,14,20H,4-5,8-13H2,1H3. The van der Waals surface area contributed by atoms with Gasteiger partial charge in [0.1, 0.15) is 5.82 Å². The van der Waals surface area contributed by atoms with Gasteiger partial charge in [0.05, 0.1) is 5.56 Å². The molecular formula is C21H25F2N5OS. The Kier molecular flexibility index (Phi) is 6.36. The molecule has 0 aliphatic carbocycles. The summed E-state index contributed by atoms with van der Waals surface area (Å²) in [5.74, 6) is -1.10. The fourth-order valence-electron chi connectivity index (χ4n) is 3.91. The van der Waals surface area contributed by atoms with Gasteiger partial charge in [-0.25, -0.2) is 4.98 Å². The Hall–Kier alpha value is -2.42. The number of aryl methyl sites for hydroxylation is 1. The van der Waals surface area contributed by atoms with Crippen LogP contribution in [0, 0.1) is 6.92 Å². The van der Waals surface area contributed by atoms with E-state index >= 15 is 0 Å². The summed E-state index contributed by atoms with van der Waals surface area (Å²) >= 11 is 0.417. The van der Waals surface area contributed by atoms with Gasteiger partial charge in [-0.3, -0.25) is 4.79 Å². The molecule has 0 bridgehead atoms. The van der Waals surface area contributed by atoms with Crippen LogP contribution in [-0.2, 0) is 0 Å². The molecule has 2 aliphatic rings. The summed E-state index contributed by atoms with van der Waals surface area (Å²) in [5, 5.41) is 0. The molecule has 0 spiro atoms. The largest absolute Gasteiger partial charge is 0.353 e. The number of amides is 1. The molecule has 1 amide bonds. The van der Waals surface area contributed by atoms with E-state index in [2.05, 4.69) is 14.8 Å². The molecule has 0 N–H and O–H groups in total. The summed E-state index contributed by atoms with van der Waals surface area (Å²) in [6.45, 7) is 6.28. The number of nitrogens with zero attached hydrogens (tertiary/aromatic N) is 5. The molecule has 1 aromatic heterocycles. The van der Waals surface area contributed by atoms with Gasteiger partial charge in [0.15, 0.2) is 0 Å². The molecule has 30 heavy (non-hydrogen) atoms. The second kappa shape index (κ2) is 9.16. The molecule has 2 aromatic rings. The zero-order chi connectivity index (χ0) is 21.1. The smallest absolute Gasteiger partial charge is 0.288 e. The summed E-state index contributed by atoms with van der Waals surface area (Å²) in [6.07, 6.45) is 2.33. The summed E-state index contributed by atoms with van der Waals surface area (Å²) < 4.78 is 25.7. The van der Waals surface area contributed by atoms with Gasteiger partial charge < -0.3 is 14.7 Å². The summed E-state index contributed by atoms with van der Waals surface area (Å²) in [4.78, 5) is 28.7. The third kappa shape index (κ3) is 4.66. The number of hydrogen-bond donors (Lipinski definition) is 0. The van der Waals surface area contributed by atoms with Crippen LogP contribution in [-0.4, -0.2) is 65.8 Å². The second-order valence-electron chi connectivity index (χ2n) is 7.52. The van der Waals surface area contributed by atoms with Crippen molar-refractivity contribution in [3.63, 3.8) is 0 Å². The SMILES string of the molecule is Cc1cc(N2CCN(C(=O)c3ccccc3SC(F)F)CC2)nc(N2CCCC2)n1. The first-order valence-corrected chi connectivity index (χ1v) is 11.1. The molecule has 0 radical (unpaired) electrons. The number of halogens is 2. The highest BCUT2D eigenvalue weighted by molar-refractivity contribution is 7.99. The van der Waals surface area contributed by atoms with E-state index in [0.29, 0.717) is 48.4 Å². The van der Waals surface area contributed by atoms with Crippen LogP contribution < -0.4 is 9.80 Å². The highest BCUT2D eigenvalue weighted by atomic mass is 32.2. The van der Waals surface area contributed by atoms with Crippen LogP contribution >= 0.6 is 11.8 Å². The van der Waals surface area contributed by atoms with E-state index in [-0.39, 0.29) is 5.91 Å². The van der Waals surface area contributed by atoms with Crippen LogP contribution in [0.25, 0.3) is 0 Å². The van der Waals surface area contributed by atoms with Crippen LogP contribution in [0.2, 0.25) is 0 Å².